The summed E-state index contributed by atoms with van der Waals surface area (Å²) in [6, 6.07) is 5.54. The minimum absolute atomic E-state index is 0.264. The van der Waals surface area contributed by atoms with Crippen LogP contribution in [0.2, 0.25) is 10.0 Å². The Hall–Kier alpha value is -0.750. The van der Waals surface area contributed by atoms with E-state index in [-0.39, 0.29) is 6.10 Å². The molecule has 0 bridgehead atoms. The number of thioether (sulfide) groups is 1. The minimum atomic E-state index is 0.264. The highest BCUT2D eigenvalue weighted by molar-refractivity contribution is 8.14. The average Bonchev–Trinajstić information content (AvgIpc) is 3.02. The maximum Gasteiger partial charge on any atom is 0.177 e. The first kappa shape index (κ1) is 15.2. The van der Waals surface area contributed by atoms with Gasteiger partial charge in [-0.3, -0.25) is 10.4 Å². The van der Waals surface area contributed by atoms with Gasteiger partial charge < -0.3 is 4.74 Å². The van der Waals surface area contributed by atoms with Gasteiger partial charge in [-0.05, 0) is 25.0 Å². The number of aliphatic imine (C=N–C) groups is 1. The first-order valence-corrected chi connectivity index (χ1v) is 8.53. The van der Waals surface area contributed by atoms with Crippen molar-refractivity contribution < 1.29 is 4.74 Å². The van der Waals surface area contributed by atoms with E-state index in [0.717, 1.165) is 41.6 Å². The summed E-state index contributed by atoms with van der Waals surface area (Å²) >= 11 is 13.6. The molecule has 4 nitrogen and oxygen atoms in total. The summed E-state index contributed by atoms with van der Waals surface area (Å²) < 4.78 is 5.55. The number of amidine groups is 1. The van der Waals surface area contributed by atoms with Gasteiger partial charge in [0.1, 0.15) is 0 Å². The highest BCUT2D eigenvalue weighted by Gasteiger charge is 2.17. The zero-order valence-corrected chi connectivity index (χ0v) is 13.6. The summed E-state index contributed by atoms with van der Waals surface area (Å²) in [7, 11) is 0. The number of benzene rings is 1. The molecule has 3 rings (SSSR count). The first-order chi connectivity index (χ1) is 10.2. The Kier molecular flexibility index (Phi) is 5.06. The van der Waals surface area contributed by atoms with E-state index in [4.69, 9.17) is 27.9 Å². The molecule has 0 aromatic heterocycles. The van der Waals surface area contributed by atoms with Crippen molar-refractivity contribution in [3.63, 3.8) is 0 Å². The van der Waals surface area contributed by atoms with E-state index in [0.29, 0.717) is 16.6 Å². The first-order valence-electron chi connectivity index (χ1n) is 6.79. The SMILES string of the molecule is Clc1ccc(C2=NNC(=NCC3CCCO3)SC2)cc1Cl. The van der Waals surface area contributed by atoms with Gasteiger partial charge in [0.05, 0.1) is 28.4 Å². The molecule has 1 aromatic rings. The third kappa shape index (κ3) is 3.92. The van der Waals surface area contributed by atoms with Gasteiger partial charge in [-0.15, -0.1) is 0 Å². The molecule has 1 unspecified atom stereocenters. The lowest BCUT2D eigenvalue weighted by Gasteiger charge is -2.16. The smallest absolute Gasteiger partial charge is 0.177 e. The fourth-order valence-corrected chi connectivity index (χ4v) is 3.27. The van der Waals surface area contributed by atoms with Crippen LogP contribution >= 0.6 is 35.0 Å². The van der Waals surface area contributed by atoms with Crippen molar-refractivity contribution >= 4 is 45.8 Å². The van der Waals surface area contributed by atoms with Crippen molar-refractivity contribution in [3.8, 4) is 0 Å². The van der Waals surface area contributed by atoms with Gasteiger partial charge in [-0.1, -0.05) is 41.0 Å². The van der Waals surface area contributed by atoms with Gasteiger partial charge in [-0.2, -0.15) is 5.10 Å². The molecule has 1 N–H and O–H groups in total. The summed E-state index contributed by atoms with van der Waals surface area (Å²) in [5, 5.41) is 6.31. The Balaban J connectivity index is 1.63. The lowest BCUT2D eigenvalue weighted by Crippen LogP contribution is -2.26. The molecular formula is C14H15Cl2N3OS. The van der Waals surface area contributed by atoms with Crippen molar-refractivity contribution in [1.29, 1.82) is 0 Å². The van der Waals surface area contributed by atoms with Crippen LogP contribution in [0.15, 0.2) is 28.3 Å². The van der Waals surface area contributed by atoms with Gasteiger partial charge in [0.15, 0.2) is 5.17 Å². The van der Waals surface area contributed by atoms with Crippen molar-refractivity contribution in [3.05, 3.63) is 33.8 Å². The highest BCUT2D eigenvalue weighted by Crippen LogP contribution is 2.24. The number of nitrogens with one attached hydrogen (secondary N) is 1. The molecule has 1 aromatic carbocycles. The highest BCUT2D eigenvalue weighted by atomic mass is 35.5. The Morgan fingerprint density at radius 2 is 2.29 bits per heavy atom. The van der Waals surface area contributed by atoms with E-state index < -0.39 is 0 Å². The van der Waals surface area contributed by atoms with Gasteiger partial charge in [0, 0.05) is 17.9 Å². The zero-order valence-electron chi connectivity index (χ0n) is 11.3. The number of halogens is 2. The summed E-state index contributed by atoms with van der Waals surface area (Å²) in [5.74, 6) is 0.759. The minimum Gasteiger partial charge on any atom is -0.376 e. The molecule has 1 atom stereocenters. The summed E-state index contributed by atoms with van der Waals surface area (Å²) in [6.45, 7) is 1.56. The molecule has 2 heterocycles. The lowest BCUT2D eigenvalue weighted by atomic mass is 10.1. The van der Waals surface area contributed by atoms with Crippen LogP contribution in [-0.2, 0) is 4.74 Å². The van der Waals surface area contributed by atoms with Crippen LogP contribution in [0, 0.1) is 0 Å². The molecule has 1 saturated heterocycles. The predicted molar refractivity (Wildman–Crippen MR) is 89.9 cm³/mol. The largest absolute Gasteiger partial charge is 0.376 e. The van der Waals surface area contributed by atoms with E-state index in [1.807, 2.05) is 12.1 Å². The van der Waals surface area contributed by atoms with E-state index in [1.165, 1.54) is 0 Å². The molecule has 2 aliphatic heterocycles. The molecule has 7 heteroatoms. The molecule has 112 valence electrons. The second-order valence-electron chi connectivity index (χ2n) is 4.87. The molecule has 0 saturated carbocycles. The number of hydrogen-bond donors (Lipinski definition) is 1. The fourth-order valence-electron chi connectivity index (χ4n) is 2.19. The monoisotopic (exact) mass is 343 g/mol. The van der Waals surface area contributed by atoms with E-state index in [2.05, 4.69) is 15.5 Å². The van der Waals surface area contributed by atoms with Crippen LogP contribution in [0.25, 0.3) is 0 Å². The van der Waals surface area contributed by atoms with Gasteiger partial charge in [0.25, 0.3) is 0 Å². The molecule has 1 fully saturated rings. The van der Waals surface area contributed by atoms with Crippen molar-refractivity contribution in [2.45, 2.75) is 18.9 Å². The Morgan fingerprint density at radius 1 is 1.38 bits per heavy atom. The number of ether oxygens (including phenoxy) is 1. The summed E-state index contributed by atoms with van der Waals surface area (Å²) in [6.07, 6.45) is 2.50. The van der Waals surface area contributed by atoms with E-state index >= 15 is 0 Å². The molecule has 2 aliphatic rings. The number of hydrogen-bond acceptors (Lipinski definition) is 4. The standard InChI is InChI=1S/C14H15Cl2N3OS/c15-11-4-3-9(6-12(11)16)13-8-21-14(19-18-13)17-7-10-2-1-5-20-10/h3-4,6,10H,1-2,5,7-8H2,(H,17,19). The quantitative estimate of drug-likeness (QED) is 0.912. The third-order valence-electron chi connectivity index (χ3n) is 3.35. The Morgan fingerprint density at radius 3 is 2.95 bits per heavy atom. The summed E-state index contributed by atoms with van der Waals surface area (Å²) in [4.78, 5) is 4.51. The topological polar surface area (TPSA) is 46.0 Å². The second-order valence-corrected chi connectivity index (χ2v) is 6.65. The van der Waals surface area contributed by atoms with Gasteiger partial charge >= 0.3 is 0 Å². The summed E-state index contributed by atoms with van der Waals surface area (Å²) in [5.41, 5.74) is 4.91. The van der Waals surface area contributed by atoms with Crippen molar-refractivity contribution in [1.82, 2.24) is 5.43 Å². The number of hydrazone groups is 1. The van der Waals surface area contributed by atoms with Gasteiger partial charge in [0.2, 0.25) is 0 Å². The molecule has 0 amide bonds. The molecule has 0 spiro atoms. The Labute approximate surface area is 137 Å². The molecule has 0 aliphatic carbocycles. The van der Waals surface area contributed by atoms with Crippen molar-refractivity contribution in [2.24, 2.45) is 10.1 Å². The number of rotatable bonds is 3. The van der Waals surface area contributed by atoms with Crippen LogP contribution in [0.4, 0.5) is 0 Å². The van der Waals surface area contributed by atoms with E-state index in [9.17, 15) is 0 Å². The van der Waals surface area contributed by atoms with Crippen molar-refractivity contribution in [2.75, 3.05) is 18.9 Å². The lowest BCUT2D eigenvalue weighted by molar-refractivity contribution is 0.118. The molecule has 21 heavy (non-hydrogen) atoms. The van der Waals surface area contributed by atoms with Crippen LogP contribution in [0.5, 0.6) is 0 Å². The normalized spacial score (nSPS) is 24.0. The van der Waals surface area contributed by atoms with Crippen LogP contribution in [0.3, 0.4) is 0 Å². The second kappa shape index (κ2) is 7.01. The maximum atomic E-state index is 6.03. The third-order valence-corrected chi connectivity index (χ3v) is 5.00. The fraction of sp³-hybridized carbons (Fsp3) is 0.429. The van der Waals surface area contributed by atoms with Gasteiger partial charge in [-0.25, -0.2) is 0 Å². The zero-order chi connectivity index (χ0) is 14.7. The predicted octanol–water partition coefficient (Wildman–Crippen LogP) is 3.57. The van der Waals surface area contributed by atoms with Crippen LogP contribution < -0.4 is 5.43 Å². The Bertz CT molecular complexity index is 586. The average molecular weight is 344 g/mol. The van der Waals surface area contributed by atoms with E-state index in [1.54, 1.807) is 17.8 Å². The molecular weight excluding hydrogens is 329 g/mol. The van der Waals surface area contributed by atoms with Crippen LogP contribution in [0.1, 0.15) is 18.4 Å². The van der Waals surface area contributed by atoms with Crippen LogP contribution in [-0.4, -0.2) is 35.9 Å². The maximum absolute atomic E-state index is 6.03. The number of nitrogens with zero attached hydrogens (tertiary/aromatic N) is 2. The molecule has 0 radical (unpaired) electrons.